The molecule has 0 unspecified atom stereocenters. The number of rotatable bonds is 7. The van der Waals surface area contributed by atoms with E-state index in [0.717, 1.165) is 12.0 Å². The van der Waals surface area contributed by atoms with Crippen molar-refractivity contribution in [2.24, 2.45) is 0 Å². The van der Waals surface area contributed by atoms with E-state index >= 15 is 0 Å². The summed E-state index contributed by atoms with van der Waals surface area (Å²) < 4.78 is 5.39. The third kappa shape index (κ3) is 6.03. The van der Waals surface area contributed by atoms with E-state index < -0.39 is 0 Å². The zero-order valence-electron chi connectivity index (χ0n) is 11.5. The molecule has 0 spiro atoms. The molecular formula is C15H20N2O2. The molecule has 0 saturated heterocycles. The number of carbonyl (C=O) groups is 1. The van der Waals surface area contributed by atoms with Gasteiger partial charge in [0, 0.05) is 18.7 Å². The van der Waals surface area contributed by atoms with Crippen molar-refractivity contribution in [3.05, 3.63) is 35.4 Å². The SMILES string of the molecule is CC(C)OCCCNC(=O)c1ccc(CC#N)cc1. The van der Waals surface area contributed by atoms with Crippen LogP contribution in [0.15, 0.2) is 24.3 Å². The Kier molecular flexibility index (Phi) is 6.62. The van der Waals surface area contributed by atoms with Crippen LogP contribution in [0, 0.1) is 11.3 Å². The van der Waals surface area contributed by atoms with Crippen LogP contribution in [0.4, 0.5) is 0 Å². The molecule has 0 atom stereocenters. The maximum absolute atomic E-state index is 11.8. The molecule has 19 heavy (non-hydrogen) atoms. The number of nitriles is 1. The van der Waals surface area contributed by atoms with Gasteiger partial charge in [-0.05, 0) is 38.0 Å². The molecule has 0 aliphatic carbocycles. The van der Waals surface area contributed by atoms with Crippen LogP contribution < -0.4 is 5.32 Å². The van der Waals surface area contributed by atoms with Crippen LogP contribution in [0.25, 0.3) is 0 Å². The number of hydrogen-bond donors (Lipinski definition) is 1. The molecule has 0 saturated carbocycles. The molecule has 1 amide bonds. The van der Waals surface area contributed by atoms with Gasteiger partial charge in [0.15, 0.2) is 0 Å². The summed E-state index contributed by atoms with van der Waals surface area (Å²) in [4.78, 5) is 11.8. The summed E-state index contributed by atoms with van der Waals surface area (Å²) >= 11 is 0. The van der Waals surface area contributed by atoms with E-state index in [1.807, 2.05) is 13.8 Å². The summed E-state index contributed by atoms with van der Waals surface area (Å²) in [5.41, 5.74) is 1.54. The molecular weight excluding hydrogens is 240 g/mol. The van der Waals surface area contributed by atoms with Crippen molar-refractivity contribution < 1.29 is 9.53 Å². The van der Waals surface area contributed by atoms with Crippen molar-refractivity contribution in [1.29, 1.82) is 5.26 Å². The Bertz CT molecular complexity index is 432. The first-order valence-corrected chi connectivity index (χ1v) is 6.49. The first-order valence-electron chi connectivity index (χ1n) is 6.49. The molecule has 4 nitrogen and oxygen atoms in total. The second-order valence-electron chi connectivity index (χ2n) is 4.56. The maximum atomic E-state index is 11.8. The number of amides is 1. The van der Waals surface area contributed by atoms with Gasteiger partial charge in [-0.2, -0.15) is 5.26 Å². The molecule has 0 heterocycles. The van der Waals surface area contributed by atoms with Crippen molar-refractivity contribution in [3.8, 4) is 6.07 Å². The summed E-state index contributed by atoms with van der Waals surface area (Å²) in [7, 11) is 0. The van der Waals surface area contributed by atoms with Gasteiger partial charge >= 0.3 is 0 Å². The van der Waals surface area contributed by atoms with Crippen LogP contribution in [0.2, 0.25) is 0 Å². The molecule has 1 aromatic carbocycles. The van der Waals surface area contributed by atoms with E-state index in [4.69, 9.17) is 10.00 Å². The predicted molar refractivity (Wildman–Crippen MR) is 73.8 cm³/mol. The second kappa shape index (κ2) is 8.28. The van der Waals surface area contributed by atoms with Gasteiger partial charge in [0.05, 0.1) is 18.6 Å². The molecule has 0 bridgehead atoms. The van der Waals surface area contributed by atoms with Crippen molar-refractivity contribution in [2.45, 2.75) is 32.8 Å². The van der Waals surface area contributed by atoms with E-state index in [1.165, 1.54) is 0 Å². The van der Waals surface area contributed by atoms with Crippen LogP contribution in [0.3, 0.4) is 0 Å². The van der Waals surface area contributed by atoms with Crippen molar-refractivity contribution in [2.75, 3.05) is 13.2 Å². The lowest BCUT2D eigenvalue weighted by Gasteiger charge is -2.08. The van der Waals surface area contributed by atoms with E-state index in [1.54, 1.807) is 24.3 Å². The van der Waals surface area contributed by atoms with Gasteiger partial charge in [-0.1, -0.05) is 12.1 Å². The fourth-order valence-corrected chi connectivity index (χ4v) is 1.56. The average molecular weight is 260 g/mol. The lowest BCUT2D eigenvalue weighted by atomic mass is 10.1. The van der Waals surface area contributed by atoms with Crippen LogP contribution in [0.1, 0.15) is 36.2 Å². The number of hydrogen-bond acceptors (Lipinski definition) is 3. The smallest absolute Gasteiger partial charge is 0.251 e. The largest absolute Gasteiger partial charge is 0.379 e. The minimum absolute atomic E-state index is 0.0898. The van der Waals surface area contributed by atoms with E-state index in [2.05, 4.69) is 11.4 Å². The van der Waals surface area contributed by atoms with Gasteiger partial charge in [-0.3, -0.25) is 4.79 Å². The average Bonchev–Trinajstić information content (AvgIpc) is 2.39. The summed E-state index contributed by atoms with van der Waals surface area (Å²) in [5.74, 6) is -0.0898. The predicted octanol–water partition coefficient (Wildman–Crippen LogP) is 2.30. The first-order chi connectivity index (χ1) is 9.13. The highest BCUT2D eigenvalue weighted by Gasteiger charge is 2.04. The van der Waals surface area contributed by atoms with E-state index in [0.29, 0.717) is 25.1 Å². The third-order valence-electron chi connectivity index (χ3n) is 2.56. The molecule has 102 valence electrons. The summed E-state index contributed by atoms with van der Waals surface area (Å²) in [6.07, 6.45) is 1.40. The Morgan fingerprint density at radius 2 is 2.05 bits per heavy atom. The lowest BCUT2D eigenvalue weighted by Crippen LogP contribution is -2.25. The fourth-order valence-electron chi connectivity index (χ4n) is 1.56. The molecule has 0 aliphatic rings. The van der Waals surface area contributed by atoms with Crippen LogP contribution in [0.5, 0.6) is 0 Å². The fraction of sp³-hybridized carbons (Fsp3) is 0.467. The van der Waals surface area contributed by atoms with Gasteiger partial charge in [0.2, 0.25) is 0 Å². The number of carbonyl (C=O) groups excluding carboxylic acids is 1. The quantitative estimate of drug-likeness (QED) is 0.765. The summed E-state index contributed by atoms with van der Waals surface area (Å²) in [5, 5.41) is 11.4. The van der Waals surface area contributed by atoms with Crippen LogP contribution in [-0.2, 0) is 11.2 Å². The van der Waals surface area contributed by atoms with E-state index in [-0.39, 0.29) is 12.0 Å². The van der Waals surface area contributed by atoms with Crippen LogP contribution >= 0.6 is 0 Å². The van der Waals surface area contributed by atoms with Gasteiger partial charge in [-0.15, -0.1) is 0 Å². The van der Waals surface area contributed by atoms with Gasteiger partial charge in [-0.25, -0.2) is 0 Å². The monoisotopic (exact) mass is 260 g/mol. The second-order valence-corrected chi connectivity index (χ2v) is 4.56. The molecule has 1 rings (SSSR count). The van der Waals surface area contributed by atoms with Gasteiger partial charge in [0.1, 0.15) is 0 Å². The zero-order valence-corrected chi connectivity index (χ0v) is 11.5. The zero-order chi connectivity index (χ0) is 14.1. The molecule has 0 aromatic heterocycles. The molecule has 1 N–H and O–H groups in total. The van der Waals surface area contributed by atoms with Crippen molar-refractivity contribution in [3.63, 3.8) is 0 Å². The first kappa shape index (κ1) is 15.2. The van der Waals surface area contributed by atoms with E-state index in [9.17, 15) is 4.79 Å². The minimum atomic E-state index is -0.0898. The molecule has 0 radical (unpaired) electrons. The summed E-state index contributed by atoms with van der Waals surface area (Å²) in [6.45, 7) is 5.23. The van der Waals surface area contributed by atoms with Gasteiger partial charge in [0.25, 0.3) is 5.91 Å². The lowest BCUT2D eigenvalue weighted by molar-refractivity contribution is 0.0757. The Balaban J connectivity index is 2.31. The number of benzene rings is 1. The Hall–Kier alpha value is -1.86. The highest BCUT2D eigenvalue weighted by molar-refractivity contribution is 5.94. The number of nitrogens with one attached hydrogen (secondary N) is 1. The topological polar surface area (TPSA) is 62.1 Å². The highest BCUT2D eigenvalue weighted by Crippen LogP contribution is 2.04. The third-order valence-corrected chi connectivity index (χ3v) is 2.56. The highest BCUT2D eigenvalue weighted by atomic mass is 16.5. The molecule has 4 heteroatoms. The standard InChI is InChI=1S/C15H20N2O2/c1-12(2)19-11-3-10-17-15(18)14-6-4-13(5-7-14)8-9-16/h4-7,12H,3,8,10-11H2,1-2H3,(H,17,18). The molecule has 0 fully saturated rings. The number of ether oxygens (including phenoxy) is 1. The minimum Gasteiger partial charge on any atom is -0.379 e. The Morgan fingerprint density at radius 1 is 1.37 bits per heavy atom. The normalized spacial score (nSPS) is 10.2. The maximum Gasteiger partial charge on any atom is 0.251 e. The Morgan fingerprint density at radius 3 is 2.63 bits per heavy atom. The Labute approximate surface area is 114 Å². The van der Waals surface area contributed by atoms with Crippen LogP contribution in [-0.4, -0.2) is 25.2 Å². The summed E-state index contributed by atoms with van der Waals surface area (Å²) in [6, 6.07) is 9.17. The molecule has 1 aromatic rings. The van der Waals surface area contributed by atoms with Crippen molar-refractivity contribution >= 4 is 5.91 Å². The number of nitrogens with zero attached hydrogens (tertiary/aromatic N) is 1. The van der Waals surface area contributed by atoms with Crippen molar-refractivity contribution in [1.82, 2.24) is 5.32 Å². The van der Waals surface area contributed by atoms with Gasteiger partial charge < -0.3 is 10.1 Å². The molecule has 0 aliphatic heterocycles.